The lowest BCUT2D eigenvalue weighted by molar-refractivity contribution is 0.391. The molecule has 0 fully saturated rings. The van der Waals surface area contributed by atoms with Crippen molar-refractivity contribution < 1.29 is 8.42 Å². The largest absolute Gasteiger partial charge is 0.398 e. The zero-order valence-corrected chi connectivity index (χ0v) is 10.8. The second-order valence-corrected chi connectivity index (χ2v) is 6.47. The van der Waals surface area contributed by atoms with Crippen LogP contribution in [0.15, 0.2) is 18.2 Å². The van der Waals surface area contributed by atoms with E-state index in [0.29, 0.717) is 25.9 Å². The molecular weight excluding hydrogens is 236 g/mol. The smallest absolute Gasteiger partial charge is 0.214 e. The number of hydrogen-bond acceptors (Lipinski definition) is 3. The Bertz CT molecular complexity index is 511. The van der Waals surface area contributed by atoms with Crippen LogP contribution in [0.5, 0.6) is 0 Å². The van der Waals surface area contributed by atoms with Crippen molar-refractivity contribution in [3.8, 4) is 0 Å². The van der Waals surface area contributed by atoms with E-state index in [0.717, 1.165) is 16.8 Å². The van der Waals surface area contributed by atoms with Crippen LogP contribution >= 0.6 is 0 Å². The van der Waals surface area contributed by atoms with Gasteiger partial charge in [-0.05, 0) is 30.0 Å². The Hall–Kier alpha value is -1.07. The van der Waals surface area contributed by atoms with Gasteiger partial charge in [0.2, 0.25) is 10.0 Å². The van der Waals surface area contributed by atoms with Gasteiger partial charge in [-0.1, -0.05) is 19.1 Å². The quantitative estimate of drug-likeness (QED) is 0.829. The van der Waals surface area contributed by atoms with Crippen molar-refractivity contribution in [3.05, 3.63) is 29.3 Å². The minimum Gasteiger partial charge on any atom is -0.398 e. The molecular formula is C12H18N2O2S. The van der Waals surface area contributed by atoms with Crippen LogP contribution in [0.2, 0.25) is 0 Å². The SMILES string of the molecule is CCCS(=O)(=O)N1CCc2c(N)cccc2C1. The molecule has 0 saturated heterocycles. The molecule has 0 amide bonds. The minimum atomic E-state index is -3.10. The summed E-state index contributed by atoms with van der Waals surface area (Å²) in [5.74, 6) is 0.227. The Morgan fingerprint density at radius 1 is 1.41 bits per heavy atom. The van der Waals surface area contributed by atoms with Crippen molar-refractivity contribution in [2.24, 2.45) is 0 Å². The molecule has 2 N–H and O–H groups in total. The van der Waals surface area contributed by atoms with E-state index in [1.54, 1.807) is 4.31 Å². The number of benzene rings is 1. The van der Waals surface area contributed by atoms with Crippen molar-refractivity contribution in [3.63, 3.8) is 0 Å². The molecule has 1 aliphatic heterocycles. The molecule has 94 valence electrons. The van der Waals surface area contributed by atoms with Crippen LogP contribution in [0.3, 0.4) is 0 Å². The molecule has 17 heavy (non-hydrogen) atoms. The van der Waals surface area contributed by atoms with E-state index in [2.05, 4.69) is 0 Å². The molecule has 5 heteroatoms. The average Bonchev–Trinajstić information content (AvgIpc) is 2.29. The summed E-state index contributed by atoms with van der Waals surface area (Å²) >= 11 is 0. The molecule has 0 unspecified atom stereocenters. The van der Waals surface area contributed by atoms with Gasteiger partial charge in [0.1, 0.15) is 0 Å². The summed E-state index contributed by atoms with van der Waals surface area (Å²) in [5.41, 5.74) is 8.80. The van der Waals surface area contributed by atoms with Gasteiger partial charge in [0.05, 0.1) is 5.75 Å². The van der Waals surface area contributed by atoms with Gasteiger partial charge >= 0.3 is 0 Å². The number of hydrogen-bond donors (Lipinski definition) is 1. The maximum absolute atomic E-state index is 12.0. The summed E-state index contributed by atoms with van der Waals surface area (Å²) in [6, 6.07) is 5.71. The fourth-order valence-electron chi connectivity index (χ4n) is 2.24. The summed E-state index contributed by atoms with van der Waals surface area (Å²) in [6.07, 6.45) is 1.37. The summed E-state index contributed by atoms with van der Waals surface area (Å²) in [6.45, 7) is 2.89. The molecule has 0 saturated carbocycles. The fourth-order valence-corrected chi connectivity index (χ4v) is 3.72. The van der Waals surface area contributed by atoms with E-state index in [-0.39, 0.29) is 5.75 Å². The first-order valence-corrected chi connectivity index (χ1v) is 7.49. The van der Waals surface area contributed by atoms with Crippen LogP contribution in [0.25, 0.3) is 0 Å². The van der Waals surface area contributed by atoms with Crippen molar-refractivity contribution in [2.75, 3.05) is 18.0 Å². The van der Waals surface area contributed by atoms with E-state index in [1.807, 2.05) is 25.1 Å². The highest BCUT2D eigenvalue weighted by Gasteiger charge is 2.26. The first-order chi connectivity index (χ1) is 8.04. The molecule has 0 aliphatic carbocycles. The van der Waals surface area contributed by atoms with E-state index < -0.39 is 10.0 Å². The van der Waals surface area contributed by atoms with E-state index in [4.69, 9.17) is 5.73 Å². The number of nitrogen functional groups attached to an aromatic ring is 1. The summed E-state index contributed by atoms with van der Waals surface area (Å²) in [4.78, 5) is 0. The second kappa shape index (κ2) is 4.66. The Balaban J connectivity index is 2.25. The Morgan fingerprint density at radius 2 is 2.18 bits per heavy atom. The molecule has 0 radical (unpaired) electrons. The van der Waals surface area contributed by atoms with Crippen LogP contribution < -0.4 is 5.73 Å². The molecule has 0 bridgehead atoms. The third-order valence-electron chi connectivity index (χ3n) is 3.12. The molecule has 2 rings (SSSR count). The van der Waals surface area contributed by atoms with Crippen LogP contribution in [0.1, 0.15) is 24.5 Å². The van der Waals surface area contributed by atoms with Crippen molar-refractivity contribution in [1.29, 1.82) is 0 Å². The third-order valence-corrected chi connectivity index (χ3v) is 5.15. The molecule has 0 atom stereocenters. The first-order valence-electron chi connectivity index (χ1n) is 5.88. The molecule has 1 aromatic rings. The molecule has 4 nitrogen and oxygen atoms in total. The van der Waals surface area contributed by atoms with Gasteiger partial charge in [-0.3, -0.25) is 0 Å². The third kappa shape index (κ3) is 2.45. The zero-order valence-electron chi connectivity index (χ0n) is 10.0. The summed E-state index contributed by atoms with van der Waals surface area (Å²) < 4.78 is 25.5. The highest BCUT2D eigenvalue weighted by atomic mass is 32.2. The Labute approximate surface area is 102 Å². The van der Waals surface area contributed by atoms with Gasteiger partial charge in [0, 0.05) is 18.8 Å². The number of fused-ring (bicyclic) bond motifs is 1. The lowest BCUT2D eigenvalue weighted by Crippen LogP contribution is -2.37. The number of sulfonamides is 1. The second-order valence-electron chi connectivity index (χ2n) is 4.38. The van der Waals surface area contributed by atoms with E-state index in [1.165, 1.54) is 0 Å². The van der Waals surface area contributed by atoms with Crippen LogP contribution in [0, 0.1) is 0 Å². The highest BCUT2D eigenvalue weighted by molar-refractivity contribution is 7.89. The monoisotopic (exact) mass is 254 g/mol. The van der Waals surface area contributed by atoms with E-state index >= 15 is 0 Å². The lowest BCUT2D eigenvalue weighted by atomic mass is 9.99. The van der Waals surface area contributed by atoms with Gasteiger partial charge in [-0.15, -0.1) is 0 Å². The number of nitrogens with zero attached hydrogens (tertiary/aromatic N) is 1. The predicted molar refractivity (Wildman–Crippen MR) is 69.0 cm³/mol. The normalized spacial score (nSPS) is 16.8. The average molecular weight is 254 g/mol. The van der Waals surface area contributed by atoms with Crippen molar-refractivity contribution in [1.82, 2.24) is 4.31 Å². The molecule has 0 spiro atoms. The molecule has 1 aromatic carbocycles. The van der Waals surface area contributed by atoms with Gasteiger partial charge in [0.25, 0.3) is 0 Å². The maximum Gasteiger partial charge on any atom is 0.214 e. The highest BCUT2D eigenvalue weighted by Crippen LogP contribution is 2.25. The minimum absolute atomic E-state index is 0.227. The lowest BCUT2D eigenvalue weighted by Gasteiger charge is -2.28. The number of anilines is 1. The Morgan fingerprint density at radius 3 is 2.88 bits per heavy atom. The molecule has 1 aliphatic rings. The van der Waals surface area contributed by atoms with Gasteiger partial charge in [-0.2, -0.15) is 4.31 Å². The van der Waals surface area contributed by atoms with Crippen LogP contribution in [-0.2, 0) is 23.0 Å². The van der Waals surface area contributed by atoms with Gasteiger partial charge in [-0.25, -0.2) is 8.42 Å². The van der Waals surface area contributed by atoms with E-state index in [9.17, 15) is 8.42 Å². The number of rotatable bonds is 3. The van der Waals surface area contributed by atoms with Gasteiger partial charge < -0.3 is 5.73 Å². The van der Waals surface area contributed by atoms with Crippen molar-refractivity contribution >= 4 is 15.7 Å². The standard InChI is InChI=1S/C12H18N2O2S/c1-2-8-17(15,16)14-7-6-11-10(9-14)4-3-5-12(11)13/h3-5H,2,6-9,13H2,1H3. The topological polar surface area (TPSA) is 63.4 Å². The van der Waals surface area contributed by atoms with Crippen LogP contribution in [-0.4, -0.2) is 25.0 Å². The Kier molecular flexibility index (Phi) is 3.40. The summed E-state index contributed by atoms with van der Waals surface area (Å²) in [5, 5.41) is 0. The maximum atomic E-state index is 12.0. The fraction of sp³-hybridized carbons (Fsp3) is 0.500. The van der Waals surface area contributed by atoms with Crippen LogP contribution in [0.4, 0.5) is 5.69 Å². The molecule has 0 aromatic heterocycles. The zero-order chi connectivity index (χ0) is 12.5. The first kappa shape index (κ1) is 12.4. The van der Waals surface area contributed by atoms with Crippen molar-refractivity contribution in [2.45, 2.75) is 26.3 Å². The van der Waals surface area contributed by atoms with Gasteiger partial charge in [0.15, 0.2) is 0 Å². The number of nitrogens with two attached hydrogens (primary N) is 1. The predicted octanol–water partition coefficient (Wildman–Crippen LogP) is 1.37. The summed E-state index contributed by atoms with van der Waals surface area (Å²) in [7, 11) is -3.10. The molecule has 1 heterocycles.